The molecule has 0 aliphatic rings. The average molecular weight is 267 g/mol. The molecule has 3 aromatic rings. The zero-order valence-corrected chi connectivity index (χ0v) is 11.5. The third-order valence-electron chi connectivity index (χ3n) is 2.75. The second kappa shape index (κ2) is 6.02. The van der Waals surface area contributed by atoms with Crippen LogP contribution in [0.15, 0.2) is 48.7 Å². The van der Waals surface area contributed by atoms with E-state index >= 15 is 0 Å². The van der Waals surface area contributed by atoms with Gasteiger partial charge in [0.05, 0.1) is 11.2 Å². The summed E-state index contributed by atoms with van der Waals surface area (Å²) in [7, 11) is 0. The lowest BCUT2D eigenvalue weighted by Gasteiger charge is -2.03. The maximum Gasteiger partial charge on any atom is 0.123 e. The molecular weight excluding hydrogens is 250 g/mol. The molecule has 0 atom stereocenters. The van der Waals surface area contributed by atoms with Crippen LogP contribution in [0, 0.1) is 0 Å². The van der Waals surface area contributed by atoms with E-state index in [1.165, 1.54) is 0 Å². The molecule has 4 heteroatoms. The first-order valence-corrected chi connectivity index (χ1v) is 6.54. The third kappa shape index (κ3) is 2.85. The van der Waals surface area contributed by atoms with E-state index in [1.54, 1.807) is 30.5 Å². The van der Waals surface area contributed by atoms with E-state index in [0.29, 0.717) is 5.82 Å². The first kappa shape index (κ1) is 13.8. The number of hydrogen-bond donors (Lipinski definition) is 2. The van der Waals surface area contributed by atoms with Crippen molar-refractivity contribution in [2.75, 3.05) is 5.73 Å². The monoisotopic (exact) mass is 267 g/mol. The molecule has 20 heavy (non-hydrogen) atoms. The number of phenols is 1. The van der Waals surface area contributed by atoms with E-state index in [-0.39, 0.29) is 5.75 Å². The van der Waals surface area contributed by atoms with Crippen LogP contribution < -0.4 is 5.73 Å². The Hall–Kier alpha value is -2.62. The maximum atomic E-state index is 9.40. The number of phenolic OH excluding ortho intramolecular Hbond substituents is 1. The minimum atomic E-state index is 0.242. The fourth-order valence-electron chi connectivity index (χ4n) is 1.83. The minimum absolute atomic E-state index is 0.242. The summed E-state index contributed by atoms with van der Waals surface area (Å²) >= 11 is 0. The Labute approximate surface area is 117 Å². The summed E-state index contributed by atoms with van der Waals surface area (Å²) in [6.45, 7) is 4.00. The number of nitrogens with zero attached hydrogens (tertiary/aromatic N) is 2. The van der Waals surface area contributed by atoms with E-state index < -0.39 is 0 Å². The van der Waals surface area contributed by atoms with Gasteiger partial charge in [-0.05, 0) is 36.4 Å². The molecule has 4 nitrogen and oxygen atoms in total. The number of rotatable bonds is 1. The van der Waals surface area contributed by atoms with Crippen molar-refractivity contribution in [3.63, 3.8) is 0 Å². The van der Waals surface area contributed by atoms with E-state index in [9.17, 15) is 5.11 Å². The molecule has 102 valence electrons. The second-order valence-electron chi connectivity index (χ2n) is 4.05. The van der Waals surface area contributed by atoms with Gasteiger partial charge in [-0.3, -0.25) is 0 Å². The lowest BCUT2D eigenvalue weighted by atomic mass is 10.1. The largest absolute Gasteiger partial charge is 0.508 e. The Morgan fingerprint density at radius 1 is 1.00 bits per heavy atom. The van der Waals surface area contributed by atoms with Gasteiger partial charge in [0.25, 0.3) is 0 Å². The van der Waals surface area contributed by atoms with E-state index in [4.69, 9.17) is 5.73 Å². The van der Waals surface area contributed by atoms with Gasteiger partial charge >= 0.3 is 0 Å². The van der Waals surface area contributed by atoms with Crippen molar-refractivity contribution in [1.82, 2.24) is 9.97 Å². The lowest BCUT2D eigenvalue weighted by molar-refractivity contribution is 0.476. The van der Waals surface area contributed by atoms with Crippen LogP contribution >= 0.6 is 0 Å². The molecule has 3 rings (SSSR count). The summed E-state index contributed by atoms with van der Waals surface area (Å²) in [5, 5.41) is 10.3. The van der Waals surface area contributed by atoms with Crippen molar-refractivity contribution >= 4 is 16.7 Å². The minimum Gasteiger partial charge on any atom is -0.508 e. The second-order valence-corrected chi connectivity index (χ2v) is 4.05. The van der Waals surface area contributed by atoms with Crippen molar-refractivity contribution in [2.24, 2.45) is 0 Å². The van der Waals surface area contributed by atoms with Crippen LogP contribution in [0.25, 0.3) is 22.2 Å². The Morgan fingerprint density at radius 3 is 2.50 bits per heavy atom. The van der Waals surface area contributed by atoms with Crippen LogP contribution in [0.4, 0.5) is 5.82 Å². The first-order valence-electron chi connectivity index (χ1n) is 6.54. The van der Waals surface area contributed by atoms with Gasteiger partial charge in [-0.25, -0.2) is 9.97 Å². The normalized spacial score (nSPS) is 9.90. The number of aromatic nitrogens is 2. The van der Waals surface area contributed by atoms with Crippen LogP contribution in [-0.2, 0) is 0 Å². The number of hydrogen-bond acceptors (Lipinski definition) is 4. The quantitative estimate of drug-likeness (QED) is 0.706. The Morgan fingerprint density at radius 2 is 1.80 bits per heavy atom. The van der Waals surface area contributed by atoms with Crippen molar-refractivity contribution < 1.29 is 5.11 Å². The van der Waals surface area contributed by atoms with Gasteiger partial charge in [-0.1, -0.05) is 19.9 Å². The topological polar surface area (TPSA) is 72.0 Å². The van der Waals surface area contributed by atoms with Gasteiger partial charge in [0, 0.05) is 17.1 Å². The molecule has 0 aliphatic carbocycles. The van der Waals surface area contributed by atoms with E-state index in [2.05, 4.69) is 9.97 Å². The van der Waals surface area contributed by atoms with Gasteiger partial charge < -0.3 is 10.8 Å². The van der Waals surface area contributed by atoms with Crippen LogP contribution in [0.3, 0.4) is 0 Å². The molecule has 0 bridgehead atoms. The zero-order valence-electron chi connectivity index (χ0n) is 11.5. The van der Waals surface area contributed by atoms with Crippen LogP contribution in [-0.4, -0.2) is 15.1 Å². The number of fused-ring (bicyclic) bond motifs is 1. The SMILES string of the molecule is CC.Nc1ccc(-c2ccc3cc(O)ccc3n2)cn1. The van der Waals surface area contributed by atoms with Crippen molar-refractivity contribution in [3.05, 3.63) is 48.7 Å². The van der Waals surface area contributed by atoms with Crippen LogP contribution in [0.2, 0.25) is 0 Å². The molecule has 0 spiro atoms. The smallest absolute Gasteiger partial charge is 0.123 e. The molecule has 0 radical (unpaired) electrons. The molecule has 0 fully saturated rings. The van der Waals surface area contributed by atoms with Crippen LogP contribution in [0.1, 0.15) is 13.8 Å². The van der Waals surface area contributed by atoms with Gasteiger partial charge in [0.1, 0.15) is 11.6 Å². The van der Waals surface area contributed by atoms with Crippen LogP contribution in [0.5, 0.6) is 5.75 Å². The van der Waals surface area contributed by atoms with Crippen molar-refractivity contribution in [1.29, 1.82) is 0 Å². The molecule has 0 saturated heterocycles. The molecule has 2 aromatic heterocycles. The number of nitrogens with two attached hydrogens (primary N) is 1. The summed E-state index contributed by atoms with van der Waals surface area (Å²) in [4.78, 5) is 8.57. The third-order valence-corrected chi connectivity index (χ3v) is 2.75. The maximum absolute atomic E-state index is 9.40. The average Bonchev–Trinajstić information content (AvgIpc) is 2.49. The van der Waals surface area contributed by atoms with Gasteiger partial charge in [0.15, 0.2) is 0 Å². The summed E-state index contributed by atoms with van der Waals surface area (Å²) in [6, 6.07) is 12.6. The Kier molecular flexibility index (Phi) is 4.15. The highest BCUT2D eigenvalue weighted by molar-refractivity contribution is 5.82. The first-order chi connectivity index (χ1) is 9.72. The molecule has 0 amide bonds. The van der Waals surface area contributed by atoms with Crippen molar-refractivity contribution in [2.45, 2.75) is 13.8 Å². The standard InChI is InChI=1S/C14H11N3O.C2H6/c15-14-6-2-10(8-16-14)13-4-1-9-7-11(18)3-5-12(9)17-13;1-2/h1-8,18H,(H2,15,16);1-2H3. The molecule has 0 aliphatic heterocycles. The molecule has 0 saturated carbocycles. The highest BCUT2D eigenvalue weighted by atomic mass is 16.3. The predicted octanol–water partition coefficient (Wildman–Crippen LogP) is 3.61. The number of anilines is 1. The molecule has 1 aromatic carbocycles. The predicted molar refractivity (Wildman–Crippen MR) is 82.4 cm³/mol. The zero-order chi connectivity index (χ0) is 14.5. The lowest BCUT2D eigenvalue weighted by Crippen LogP contribution is -1.90. The number of benzene rings is 1. The number of aromatic hydroxyl groups is 1. The van der Waals surface area contributed by atoms with E-state index in [1.807, 2.05) is 32.0 Å². The molecule has 0 unspecified atom stereocenters. The highest BCUT2D eigenvalue weighted by Crippen LogP contribution is 2.23. The molecule has 3 N–H and O–H groups in total. The number of nitrogen functional groups attached to an aromatic ring is 1. The Balaban J connectivity index is 0.000000704. The van der Waals surface area contributed by atoms with Gasteiger partial charge in [0.2, 0.25) is 0 Å². The fourth-order valence-corrected chi connectivity index (χ4v) is 1.83. The van der Waals surface area contributed by atoms with E-state index in [0.717, 1.165) is 22.2 Å². The number of pyridine rings is 2. The van der Waals surface area contributed by atoms with Gasteiger partial charge in [-0.2, -0.15) is 0 Å². The summed E-state index contributed by atoms with van der Waals surface area (Å²) < 4.78 is 0. The Bertz CT molecular complexity index is 708. The van der Waals surface area contributed by atoms with Gasteiger partial charge in [-0.15, -0.1) is 0 Å². The summed E-state index contributed by atoms with van der Waals surface area (Å²) in [5.41, 5.74) is 8.14. The summed E-state index contributed by atoms with van der Waals surface area (Å²) in [5.74, 6) is 0.732. The molecule has 2 heterocycles. The highest BCUT2D eigenvalue weighted by Gasteiger charge is 2.02. The van der Waals surface area contributed by atoms with Crippen molar-refractivity contribution in [3.8, 4) is 17.0 Å². The summed E-state index contributed by atoms with van der Waals surface area (Å²) in [6.07, 6.45) is 1.70. The molecular formula is C16H17N3O. The fraction of sp³-hybridized carbons (Fsp3) is 0.125.